The molecule has 0 aliphatic rings. The predicted octanol–water partition coefficient (Wildman–Crippen LogP) is 2.79. The van der Waals surface area contributed by atoms with Crippen LogP contribution in [0.25, 0.3) is 5.57 Å². The molecule has 0 atom stereocenters. The van der Waals surface area contributed by atoms with Gasteiger partial charge in [-0.2, -0.15) is 0 Å². The number of phenols is 1. The van der Waals surface area contributed by atoms with E-state index in [-0.39, 0.29) is 11.3 Å². The van der Waals surface area contributed by atoms with E-state index in [4.69, 9.17) is 4.74 Å². The van der Waals surface area contributed by atoms with Crippen molar-refractivity contribution in [3.05, 3.63) is 72.3 Å². The molecule has 0 fully saturated rings. The number of hydrogen-bond donors (Lipinski definition) is 1. The Morgan fingerprint density at radius 3 is 2.10 bits per heavy atom. The lowest BCUT2D eigenvalue weighted by Gasteiger charge is -2.06. The Morgan fingerprint density at radius 1 is 0.900 bits per heavy atom. The van der Waals surface area contributed by atoms with Crippen LogP contribution in [0.2, 0.25) is 0 Å². The van der Waals surface area contributed by atoms with Crippen LogP contribution >= 0.6 is 0 Å². The molecule has 4 heteroatoms. The minimum atomic E-state index is -0.815. The van der Waals surface area contributed by atoms with Gasteiger partial charge < -0.3 is 9.84 Å². The zero-order valence-corrected chi connectivity index (χ0v) is 10.6. The van der Waals surface area contributed by atoms with Gasteiger partial charge in [-0.25, -0.2) is 9.59 Å². The Bertz CT molecular complexity index is 642. The Kier molecular flexibility index (Phi) is 3.96. The fourth-order valence-corrected chi connectivity index (χ4v) is 1.56. The van der Waals surface area contributed by atoms with Crippen molar-refractivity contribution in [2.45, 2.75) is 0 Å². The summed E-state index contributed by atoms with van der Waals surface area (Å²) in [5.74, 6) is -1.46. The van der Waals surface area contributed by atoms with Crippen LogP contribution in [0.3, 0.4) is 0 Å². The molecule has 0 aliphatic carbocycles. The molecular formula is C16H12O4. The number of ether oxygens (including phenoxy) is 1. The molecule has 2 aromatic carbocycles. The maximum Gasteiger partial charge on any atom is 0.346 e. The van der Waals surface area contributed by atoms with Gasteiger partial charge in [-0.05, 0) is 29.8 Å². The second-order valence-electron chi connectivity index (χ2n) is 4.07. The average molecular weight is 268 g/mol. The highest BCUT2D eigenvalue weighted by Crippen LogP contribution is 2.18. The van der Waals surface area contributed by atoms with Gasteiger partial charge in [0.2, 0.25) is 0 Å². The summed E-state index contributed by atoms with van der Waals surface area (Å²) in [6.07, 6.45) is 0. The van der Waals surface area contributed by atoms with Gasteiger partial charge in [0.25, 0.3) is 0 Å². The third-order valence-corrected chi connectivity index (χ3v) is 2.66. The zero-order valence-electron chi connectivity index (χ0n) is 10.6. The van der Waals surface area contributed by atoms with Crippen molar-refractivity contribution in [1.82, 2.24) is 0 Å². The molecule has 0 amide bonds. The number of rotatable bonds is 3. The number of carbonyl (C=O) groups excluding carboxylic acids is 2. The van der Waals surface area contributed by atoms with Gasteiger partial charge in [0.1, 0.15) is 5.75 Å². The summed E-state index contributed by atoms with van der Waals surface area (Å²) in [5, 5.41) is 9.17. The standard InChI is InChI=1S/C16H12O4/c1-11(12-7-9-14(17)10-8-12)15(18)20-16(19)13-5-3-2-4-6-13/h2-10,17H,1H2. The summed E-state index contributed by atoms with van der Waals surface area (Å²) in [6.45, 7) is 3.59. The van der Waals surface area contributed by atoms with E-state index in [2.05, 4.69) is 6.58 Å². The van der Waals surface area contributed by atoms with Crippen molar-refractivity contribution < 1.29 is 19.4 Å². The fourth-order valence-electron chi connectivity index (χ4n) is 1.56. The topological polar surface area (TPSA) is 63.6 Å². The molecule has 0 unspecified atom stereocenters. The Morgan fingerprint density at radius 2 is 1.50 bits per heavy atom. The summed E-state index contributed by atoms with van der Waals surface area (Å²) in [7, 11) is 0. The summed E-state index contributed by atoms with van der Waals surface area (Å²) < 4.78 is 4.74. The first-order valence-corrected chi connectivity index (χ1v) is 5.88. The first kappa shape index (κ1) is 13.5. The normalized spacial score (nSPS) is 9.80. The molecule has 0 saturated carbocycles. The van der Waals surface area contributed by atoms with Crippen LogP contribution < -0.4 is 0 Å². The van der Waals surface area contributed by atoms with Crippen molar-refractivity contribution in [2.75, 3.05) is 0 Å². The highest BCUT2D eigenvalue weighted by atomic mass is 16.6. The van der Waals surface area contributed by atoms with Gasteiger partial charge in [0, 0.05) is 0 Å². The zero-order chi connectivity index (χ0) is 14.5. The monoisotopic (exact) mass is 268 g/mol. The lowest BCUT2D eigenvalue weighted by Crippen LogP contribution is -2.13. The number of esters is 2. The lowest BCUT2D eigenvalue weighted by molar-refractivity contribution is -0.131. The minimum absolute atomic E-state index is 0.0503. The fraction of sp³-hybridized carbons (Fsp3) is 0. The van der Waals surface area contributed by atoms with Gasteiger partial charge in [-0.15, -0.1) is 0 Å². The molecular weight excluding hydrogens is 256 g/mol. The minimum Gasteiger partial charge on any atom is -0.508 e. The molecule has 0 spiro atoms. The number of carbonyl (C=O) groups is 2. The van der Waals surface area contributed by atoms with Crippen molar-refractivity contribution in [3.8, 4) is 5.75 Å². The predicted molar refractivity (Wildman–Crippen MR) is 74.0 cm³/mol. The quantitative estimate of drug-likeness (QED) is 0.528. The SMILES string of the molecule is C=C(C(=O)OC(=O)c1ccccc1)c1ccc(O)cc1. The van der Waals surface area contributed by atoms with Gasteiger partial charge in [-0.3, -0.25) is 0 Å². The van der Waals surface area contributed by atoms with Crippen molar-refractivity contribution in [1.29, 1.82) is 0 Å². The summed E-state index contributed by atoms with van der Waals surface area (Å²) in [4.78, 5) is 23.5. The first-order valence-electron chi connectivity index (χ1n) is 5.88. The molecule has 20 heavy (non-hydrogen) atoms. The Balaban J connectivity index is 2.07. The third kappa shape index (κ3) is 3.11. The van der Waals surface area contributed by atoms with Crippen LogP contribution in [0.4, 0.5) is 0 Å². The Labute approximate surface area is 115 Å². The number of benzene rings is 2. The lowest BCUT2D eigenvalue weighted by atomic mass is 10.1. The molecule has 4 nitrogen and oxygen atoms in total. The molecule has 0 aliphatic heterocycles. The number of phenolic OH excluding ortho intramolecular Hbond substituents is 1. The van der Waals surface area contributed by atoms with E-state index in [0.29, 0.717) is 11.1 Å². The molecule has 100 valence electrons. The van der Waals surface area contributed by atoms with E-state index in [1.165, 1.54) is 24.3 Å². The van der Waals surface area contributed by atoms with E-state index >= 15 is 0 Å². The molecule has 0 heterocycles. The van der Waals surface area contributed by atoms with Crippen molar-refractivity contribution >= 4 is 17.5 Å². The first-order chi connectivity index (χ1) is 9.58. The van der Waals surface area contributed by atoms with E-state index in [0.717, 1.165) is 0 Å². The van der Waals surface area contributed by atoms with Gasteiger partial charge in [0.05, 0.1) is 11.1 Å². The van der Waals surface area contributed by atoms with E-state index in [9.17, 15) is 14.7 Å². The summed E-state index contributed by atoms with van der Waals surface area (Å²) >= 11 is 0. The van der Waals surface area contributed by atoms with Crippen LogP contribution in [0.1, 0.15) is 15.9 Å². The van der Waals surface area contributed by atoms with Crippen molar-refractivity contribution in [2.24, 2.45) is 0 Å². The highest BCUT2D eigenvalue weighted by Gasteiger charge is 2.16. The van der Waals surface area contributed by atoms with E-state index < -0.39 is 11.9 Å². The summed E-state index contributed by atoms with van der Waals surface area (Å²) in [5.41, 5.74) is 0.822. The van der Waals surface area contributed by atoms with Crippen molar-refractivity contribution in [3.63, 3.8) is 0 Å². The summed E-state index contributed by atoms with van der Waals surface area (Å²) in [6, 6.07) is 14.1. The molecule has 0 bridgehead atoms. The number of hydrogen-bond acceptors (Lipinski definition) is 4. The largest absolute Gasteiger partial charge is 0.508 e. The molecule has 0 aromatic heterocycles. The second kappa shape index (κ2) is 5.84. The van der Waals surface area contributed by atoms with Crippen LogP contribution in [0.5, 0.6) is 5.75 Å². The van der Waals surface area contributed by atoms with E-state index in [1.54, 1.807) is 30.3 Å². The molecule has 0 radical (unpaired) electrons. The molecule has 2 rings (SSSR count). The van der Waals surface area contributed by atoms with Gasteiger partial charge >= 0.3 is 11.9 Å². The number of aromatic hydroxyl groups is 1. The highest BCUT2D eigenvalue weighted by molar-refractivity contribution is 6.19. The van der Waals surface area contributed by atoms with Crippen LogP contribution in [0, 0.1) is 0 Å². The maximum atomic E-state index is 11.8. The molecule has 1 N–H and O–H groups in total. The van der Waals surface area contributed by atoms with Crippen LogP contribution in [0.15, 0.2) is 61.2 Å². The maximum absolute atomic E-state index is 11.8. The van der Waals surface area contributed by atoms with Gasteiger partial charge in [0.15, 0.2) is 0 Å². The Hall–Kier alpha value is -2.88. The van der Waals surface area contributed by atoms with Crippen LogP contribution in [-0.2, 0) is 9.53 Å². The van der Waals surface area contributed by atoms with E-state index in [1.807, 2.05) is 0 Å². The second-order valence-corrected chi connectivity index (χ2v) is 4.07. The smallest absolute Gasteiger partial charge is 0.346 e. The van der Waals surface area contributed by atoms with Gasteiger partial charge in [-0.1, -0.05) is 36.9 Å². The third-order valence-electron chi connectivity index (χ3n) is 2.66. The van der Waals surface area contributed by atoms with Crippen LogP contribution in [-0.4, -0.2) is 17.0 Å². The molecule has 0 saturated heterocycles. The average Bonchev–Trinajstić information content (AvgIpc) is 2.48. The molecule has 2 aromatic rings.